The summed E-state index contributed by atoms with van der Waals surface area (Å²) in [6.45, 7) is 3.94. The highest BCUT2D eigenvalue weighted by Gasteiger charge is 2.36. The zero-order valence-electron chi connectivity index (χ0n) is 15.3. The molecular formula is C21H26N2O2S. The average Bonchev–Trinajstić information content (AvgIpc) is 3.01. The number of carbonyl (C=O) groups excluding carboxylic acids is 1. The van der Waals surface area contributed by atoms with Gasteiger partial charge >= 0.3 is 0 Å². The SMILES string of the molecule is COc1ccc(CN2C[C@@H]3CC[C@H](C2)N(C(=O)Cc2ccsc2)C3)cc1. The van der Waals surface area contributed by atoms with Crippen molar-refractivity contribution in [1.82, 2.24) is 9.80 Å². The summed E-state index contributed by atoms with van der Waals surface area (Å²) in [6.07, 6.45) is 2.93. The van der Waals surface area contributed by atoms with E-state index in [1.54, 1.807) is 18.4 Å². The van der Waals surface area contributed by atoms with Crippen molar-refractivity contribution in [1.29, 1.82) is 0 Å². The van der Waals surface area contributed by atoms with Gasteiger partial charge in [-0.05, 0) is 58.8 Å². The standard InChI is InChI=1S/C21H26N2O2S/c1-25-20-6-3-16(4-7-20)11-22-12-18-2-5-19(14-22)23(13-18)21(24)10-17-8-9-26-15-17/h3-4,6-9,15,18-19H,2,5,10-14H2,1H3/t18-,19+/m0/s1. The van der Waals surface area contributed by atoms with E-state index in [0.29, 0.717) is 24.3 Å². The fraction of sp³-hybridized carbons (Fsp3) is 0.476. The quantitative estimate of drug-likeness (QED) is 0.808. The molecule has 3 aliphatic heterocycles. The summed E-state index contributed by atoms with van der Waals surface area (Å²) in [5.74, 6) is 1.79. The van der Waals surface area contributed by atoms with E-state index >= 15 is 0 Å². The molecule has 2 atom stereocenters. The molecule has 0 unspecified atom stereocenters. The second-order valence-electron chi connectivity index (χ2n) is 7.49. The van der Waals surface area contributed by atoms with Gasteiger partial charge < -0.3 is 9.64 Å². The van der Waals surface area contributed by atoms with Gasteiger partial charge in [0.15, 0.2) is 0 Å². The van der Waals surface area contributed by atoms with Crippen molar-refractivity contribution in [3.05, 3.63) is 52.2 Å². The summed E-state index contributed by atoms with van der Waals surface area (Å²) in [4.78, 5) is 17.5. The molecule has 3 fully saturated rings. The van der Waals surface area contributed by atoms with E-state index < -0.39 is 0 Å². The van der Waals surface area contributed by atoms with Crippen LogP contribution in [0.25, 0.3) is 0 Å². The molecule has 3 aliphatic rings. The van der Waals surface area contributed by atoms with Crippen LogP contribution >= 0.6 is 11.3 Å². The maximum Gasteiger partial charge on any atom is 0.227 e. The second kappa shape index (κ2) is 7.80. The Kier molecular flexibility index (Phi) is 5.27. The lowest BCUT2D eigenvalue weighted by atomic mass is 9.94. The van der Waals surface area contributed by atoms with Gasteiger partial charge in [0.05, 0.1) is 13.5 Å². The van der Waals surface area contributed by atoms with Crippen LogP contribution in [0.4, 0.5) is 0 Å². The highest BCUT2D eigenvalue weighted by Crippen LogP contribution is 2.29. The molecule has 0 radical (unpaired) electrons. The molecule has 5 heteroatoms. The number of nitrogens with zero attached hydrogens (tertiary/aromatic N) is 2. The van der Waals surface area contributed by atoms with E-state index in [2.05, 4.69) is 33.4 Å². The molecule has 3 saturated heterocycles. The first-order valence-corrected chi connectivity index (χ1v) is 10.3. The zero-order valence-corrected chi connectivity index (χ0v) is 16.1. The highest BCUT2D eigenvalue weighted by molar-refractivity contribution is 7.08. The van der Waals surface area contributed by atoms with Crippen LogP contribution in [0.3, 0.4) is 0 Å². The minimum Gasteiger partial charge on any atom is -0.497 e. The first kappa shape index (κ1) is 17.6. The lowest BCUT2D eigenvalue weighted by molar-refractivity contribution is -0.134. The first-order chi connectivity index (χ1) is 12.7. The van der Waals surface area contributed by atoms with Crippen LogP contribution in [0.5, 0.6) is 5.75 Å². The van der Waals surface area contributed by atoms with Crippen molar-refractivity contribution in [3.63, 3.8) is 0 Å². The average molecular weight is 371 g/mol. The molecule has 1 amide bonds. The van der Waals surface area contributed by atoms with Crippen molar-refractivity contribution in [2.75, 3.05) is 26.7 Å². The number of piperidine rings is 1. The Bertz CT molecular complexity index is 729. The van der Waals surface area contributed by atoms with Gasteiger partial charge in [-0.3, -0.25) is 9.69 Å². The number of ether oxygens (including phenoxy) is 1. The molecule has 1 aromatic heterocycles. The summed E-state index contributed by atoms with van der Waals surface area (Å²) in [5.41, 5.74) is 2.46. The minimum atomic E-state index is 0.296. The molecule has 2 aromatic rings. The number of hydrogen-bond acceptors (Lipinski definition) is 4. The van der Waals surface area contributed by atoms with E-state index in [4.69, 9.17) is 4.74 Å². The highest BCUT2D eigenvalue weighted by atomic mass is 32.1. The Hall–Kier alpha value is -1.85. The molecule has 4 heterocycles. The molecule has 0 saturated carbocycles. The molecular weight excluding hydrogens is 344 g/mol. The maximum atomic E-state index is 12.8. The Labute approximate surface area is 159 Å². The van der Waals surface area contributed by atoms with Crippen molar-refractivity contribution in [2.45, 2.75) is 31.8 Å². The molecule has 0 N–H and O–H groups in total. The number of benzene rings is 1. The van der Waals surface area contributed by atoms with Crippen molar-refractivity contribution in [3.8, 4) is 5.75 Å². The molecule has 2 bridgehead atoms. The number of methoxy groups -OCH3 is 1. The molecule has 1 aromatic carbocycles. The Morgan fingerprint density at radius 1 is 1.12 bits per heavy atom. The van der Waals surface area contributed by atoms with Crippen LogP contribution in [0.1, 0.15) is 24.0 Å². The maximum absolute atomic E-state index is 12.8. The van der Waals surface area contributed by atoms with Gasteiger partial charge in [-0.15, -0.1) is 0 Å². The molecule has 138 valence electrons. The normalized spacial score (nSPS) is 23.0. The fourth-order valence-corrected chi connectivity index (χ4v) is 4.94. The zero-order chi connectivity index (χ0) is 17.9. The van der Waals surface area contributed by atoms with Gasteiger partial charge in [0.1, 0.15) is 5.75 Å². The summed E-state index contributed by atoms with van der Waals surface area (Å²) in [7, 11) is 1.70. The van der Waals surface area contributed by atoms with Gasteiger partial charge in [-0.2, -0.15) is 11.3 Å². The number of carbonyl (C=O) groups is 1. The third-order valence-corrected chi connectivity index (χ3v) is 6.34. The second-order valence-corrected chi connectivity index (χ2v) is 8.27. The smallest absolute Gasteiger partial charge is 0.227 e. The van der Waals surface area contributed by atoms with Gasteiger partial charge in [-0.25, -0.2) is 0 Å². The number of hydrogen-bond donors (Lipinski definition) is 0. The molecule has 26 heavy (non-hydrogen) atoms. The van der Waals surface area contributed by atoms with Gasteiger partial charge in [0.2, 0.25) is 5.91 Å². The van der Waals surface area contributed by atoms with E-state index in [1.807, 2.05) is 17.5 Å². The summed E-state index contributed by atoms with van der Waals surface area (Å²) >= 11 is 1.66. The van der Waals surface area contributed by atoms with Crippen LogP contribution in [0.2, 0.25) is 0 Å². The van der Waals surface area contributed by atoms with E-state index in [-0.39, 0.29) is 0 Å². The number of fused-ring (bicyclic) bond motifs is 4. The van der Waals surface area contributed by atoms with Gasteiger partial charge in [-0.1, -0.05) is 12.1 Å². The Morgan fingerprint density at radius 3 is 2.69 bits per heavy atom. The monoisotopic (exact) mass is 370 g/mol. The van der Waals surface area contributed by atoms with Crippen LogP contribution < -0.4 is 4.74 Å². The van der Waals surface area contributed by atoms with Gasteiger partial charge in [0.25, 0.3) is 0 Å². The number of amides is 1. The van der Waals surface area contributed by atoms with Crippen LogP contribution in [0, 0.1) is 5.92 Å². The minimum absolute atomic E-state index is 0.296. The van der Waals surface area contributed by atoms with E-state index in [1.165, 1.54) is 12.0 Å². The lowest BCUT2D eigenvalue weighted by Crippen LogP contribution is -2.47. The molecule has 5 rings (SSSR count). The summed E-state index contributed by atoms with van der Waals surface area (Å²) < 4.78 is 5.25. The van der Waals surface area contributed by atoms with Crippen molar-refractivity contribution < 1.29 is 9.53 Å². The first-order valence-electron chi connectivity index (χ1n) is 9.37. The topological polar surface area (TPSA) is 32.8 Å². The summed E-state index contributed by atoms with van der Waals surface area (Å²) in [6, 6.07) is 10.8. The number of thiophene rings is 1. The predicted octanol–water partition coefficient (Wildman–Crippen LogP) is 3.42. The van der Waals surface area contributed by atoms with Crippen molar-refractivity contribution >= 4 is 17.2 Å². The van der Waals surface area contributed by atoms with E-state index in [0.717, 1.165) is 43.9 Å². The Morgan fingerprint density at radius 2 is 1.96 bits per heavy atom. The van der Waals surface area contributed by atoms with Crippen molar-refractivity contribution in [2.24, 2.45) is 5.92 Å². The number of rotatable bonds is 5. The molecule has 0 aliphatic carbocycles. The third kappa shape index (κ3) is 3.94. The lowest BCUT2D eigenvalue weighted by Gasteiger charge is -2.36. The predicted molar refractivity (Wildman–Crippen MR) is 105 cm³/mol. The van der Waals surface area contributed by atoms with E-state index in [9.17, 15) is 4.79 Å². The Balaban J connectivity index is 1.41. The summed E-state index contributed by atoms with van der Waals surface area (Å²) in [5, 5.41) is 4.14. The van der Waals surface area contributed by atoms with Crippen LogP contribution in [-0.4, -0.2) is 48.5 Å². The van der Waals surface area contributed by atoms with Gasteiger partial charge in [0, 0.05) is 32.2 Å². The fourth-order valence-electron chi connectivity index (χ4n) is 4.27. The van der Waals surface area contributed by atoms with Crippen LogP contribution in [0.15, 0.2) is 41.1 Å². The molecule has 0 spiro atoms. The third-order valence-electron chi connectivity index (χ3n) is 5.61. The molecule has 4 nitrogen and oxygen atoms in total. The van der Waals surface area contributed by atoms with Crippen LogP contribution in [-0.2, 0) is 17.8 Å². The largest absolute Gasteiger partial charge is 0.497 e.